The van der Waals surface area contributed by atoms with Crippen LogP contribution < -0.4 is 10.2 Å². The Morgan fingerprint density at radius 2 is 2.08 bits per heavy atom. The summed E-state index contributed by atoms with van der Waals surface area (Å²) < 4.78 is 5.35. The first-order valence-corrected chi connectivity index (χ1v) is 9.02. The molecule has 1 amide bonds. The van der Waals surface area contributed by atoms with Gasteiger partial charge in [-0.05, 0) is 49.9 Å². The van der Waals surface area contributed by atoms with E-state index in [-0.39, 0.29) is 11.9 Å². The molecule has 0 aliphatic carbocycles. The van der Waals surface area contributed by atoms with E-state index >= 15 is 0 Å². The largest absolute Gasteiger partial charge is 0.381 e. The van der Waals surface area contributed by atoms with Gasteiger partial charge in [0.15, 0.2) is 0 Å². The summed E-state index contributed by atoms with van der Waals surface area (Å²) in [5.74, 6) is 0.151. The van der Waals surface area contributed by atoms with Crippen molar-refractivity contribution >= 4 is 11.6 Å². The van der Waals surface area contributed by atoms with Crippen molar-refractivity contribution in [3.8, 4) is 0 Å². The lowest BCUT2D eigenvalue weighted by Gasteiger charge is -2.27. The van der Waals surface area contributed by atoms with Crippen molar-refractivity contribution in [1.82, 2.24) is 10.2 Å². The second-order valence-electron chi connectivity index (χ2n) is 7.07. The molecule has 2 heterocycles. The molecule has 1 atom stereocenters. The van der Waals surface area contributed by atoms with Crippen LogP contribution in [0.5, 0.6) is 0 Å². The van der Waals surface area contributed by atoms with Gasteiger partial charge in [0, 0.05) is 45.1 Å². The van der Waals surface area contributed by atoms with Crippen molar-refractivity contribution < 1.29 is 9.53 Å². The summed E-state index contributed by atoms with van der Waals surface area (Å²) >= 11 is 0. The summed E-state index contributed by atoms with van der Waals surface area (Å²) in [5.41, 5.74) is 2.53. The third kappa shape index (κ3) is 4.28. The van der Waals surface area contributed by atoms with E-state index < -0.39 is 0 Å². The predicted molar refractivity (Wildman–Crippen MR) is 96.3 cm³/mol. The number of nitrogens with one attached hydrogen (secondary N) is 1. The number of hydrogen-bond acceptors (Lipinski definition) is 4. The second-order valence-corrected chi connectivity index (χ2v) is 7.07. The van der Waals surface area contributed by atoms with E-state index in [1.165, 1.54) is 11.3 Å². The van der Waals surface area contributed by atoms with Gasteiger partial charge >= 0.3 is 0 Å². The molecule has 2 fully saturated rings. The summed E-state index contributed by atoms with van der Waals surface area (Å²) in [6.07, 6.45) is 4.14. The molecular weight excluding hydrogens is 302 g/mol. The zero-order valence-corrected chi connectivity index (χ0v) is 14.8. The molecule has 1 aromatic carbocycles. The van der Waals surface area contributed by atoms with Crippen LogP contribution >= 0.6 is 0 Å². The van der Waals surface area contributed by atoms with Crippen LogP contribution in [0.1, 0.15) is 37.3 Å². The van der Waals surface area contributed by atoms with E-state index in [4.69, 9.17) is 4.74 Å². The SMILES string of the molecule is CN(C)c1cccc([C@@H]2CCCN2CC(=O)NC2CCOCC2)c1. The monoisotopic (exact) mass is 331 g/mol. The highest BCUT2D eigenvalue weighted by Crippen LogP contribution is 2.33. The fraction of sp³-hybridized carbons (Fsp3) is 0.632. The number of likely N-dealkylation sites (tertiary alicyclic amines) is 1. The highest BCUT2D eigenvalue weighted by Gasteiger charge is 2.28. The molecule has 2 aliphatic heterocycles. The minimum absolute atomic E-state index is 0.151. The molecule has 0 bridgehead atoms. The Balaban J connectivity index is 1.60. The summed E-state index contributed by atoms with van der Waals surface area (Å²) in [5, 5.41) is 3.18. The van der Waals surface area contributed by atoms with Gasteiger partial charge in [-0.1, -0.05) is 12.1 Å². The maximum absolute atomic E-state index is 12.4. The summed E-state index contributed by atoms with van der Waals surface area (Å²) in [7, 11) is 4.12. The molecule has 3 rings (SSSR count). The lowest BCUT2D eigenvalue weighted by Crippen LogP contribution is -2.44. The first-order chi connectivity index (χ1) is 11.6. The van der Waals surface area contributed by atoms with Crippen LogP contribution in [-0.2, 0) is 9.53 Å². The summed E-state index contributed by atoms with van der Waals surface area (Å²) in [4.78, 5) is 16.9. The van der Waals surface area contributed by atoms with Crippen molar-refractivity contribution in [2.24, 2.45) is 0 Å². The summed E-state index contributed by atoms with van der Waals surface area (Å²) in [6, 6.07) is 9.31. The maximum Gasteiger partial charge on any atom is 0.234 e. The van der Waals surface area contributed by atoms with Crippen molar-refractivity contribution in [2.45, 2.75) is 37.8 Å². The van der Waals surface area contributed by atoms with Gasteiger partial charge in [-0.3, -0.25) is 9.69 Å². The van der Waals surface area contributed by atoms with Crippen molar-refractivity contribution in [3.63, 3.8) is 0 Å². The molecule has 1 aromatic rings. The van der Waals surface area contributed by atoms with Gasteiger partial charge in [-0.25, -0.2) is 0 Å². The number of ether oxygens (including phenoxy) is 1. The Morgan fingerprint density at radius 1 is 1.29 bits per heavy atom. The standard InChI is InChI=1S/C19H29N3O2/c1-21(2)17-6-3-5-15(13-17)18-7-4-10-22(18)14-19(23)20-16-8-11-24-12-9-16/h3,5-6,13,16,18H,4,7-12,14H2,1-2H3,(H,20,23)/t18-/m0/s1. The number of carbonyl (C=O) groups excluding carboxylic acids is 1. The zero-order chi connectivity index (χ0) is 16.9. The minimum Gasteiger partial charge on any atom is -0.381 e. The van der Waals surface area contributed by atoms with Crippen LogP contribution in [0.3, 0.4) is 0 Å². The number of rotatable bonds is 5. The Labute approximate surface area is 145 Å². The second kappa shape index (κ2) is 7.99. The van der Waals surface area contributed by atoms with Gasteiger partial charge in [0.1, 0.15) is 0 Å². The quantitative estimate of drug-likeness (QED) is 0.898. The molecule has 5 nitrogen and oxygen atoms in total. The van der Waals surface area contributed by atoms with E-state index in [9.17, 15) is 4.79 Å². The van der Waals surface area contributed by atoms with Gasteiger partial charge in [-0.2, -0.15) is 0 Å². The third-order valence-corrected chi connectivity index (χ3v) is 5.07. The number of hydrogen-bond donors (Lipinski definition) is 1. The van der Waals surface area contributed by atoms with E-state index in [0.717, 1.165) is 45.4 Å². The molecule has 0 saturated carbocycles. The average Bonchev–Trinajstić information content (AvgIpc) is 3.03. The van der Waals surface area contributed by atoms with Crippen LogP contribution in [0.2, 0.25) is 0 Å². The lowest BCUT2D eigenvalue weighted by atomic mass is 10.0. The molecule has 24 heavy (non-hydrogen) atoms. The fourth-order valence-corrected chi connectivity index (χ4v) is 3.70. The van der Waals surface area contributed by atoms with E-state index in [0.29, 0.717) is 12.6 Å². The molecule has 132 valence electrons. The van der Waals surface area contributed by atoms with Crippen molar-refractivity contribution in [3.05, 3.63) is 29.8 Å². The molecule has 0 spiro atoms. The number of anilines is 1. The molecule has 2 saturated heterocycles. The number of benzene rings is 1. The van der Waals surface area contributed by atoms with Gasteiger partial charge in [0.2, 0.25) is 5.91 Å². The van der Waals surface area contributed by atoms with Gasteiger partial charge in [0.25, 0.3) is 0 Å². The predicted octanol–water partition coefficient (Wildman–Crippen LogP) is 2.18. The van der Waals surface area contributed by atoms with Gasteiger partial charge in [0.05, 0.1) is 6.54 Å². The Hall–Kier alpha value is -1.59. The number of nitrogens with zero attached hydrogens (tertiary/aromatic N) is 2. The Bertz CT molecular complexity index is 555. The Kier molecular flexibility index (Phi) is 5.74. The fourth-order valence-electron chi connectivity index (χ4n) is 3.70. The lowest BCUT2D eigenvalue weighted by molar-refractivity contribution is -0.123. The molecule has 0 radical (unpaired) electrons. The molecule has 5 heteroatoms. The summed E-state index contributed by atoms with van der Waals surface area (Å²) in [6.45, 7) is 3.01. The van der Waals surface area contributed by atoms with Crippen LogP contribution in [0, 0.1) is 0 Å². The molecule has 0 aromatic heterocycles. The third-order valence-electron chi connectivity index (χ3n) is 5.07. The molecule has 0 unspecified atom stereocenters. The molecule has 2 aliphatic rings. The number of carbonyl (C=O) groups is 1. The topological polar surface area (TPSA) is 44.8 Å². The van der Waals surface area contributed by atoms with Gasteiger partial charge < -0.3 is 15.0 Å². The van der Waals surface area contributed by atoms with E-state index in [1.54, 1.807) is 0 Å². The first-order valence-electron chi connectivity index (χ1n) is 9.02. The average molecular weight is 331 g/mol. The number of amides is 1. The van der Waals surface area contributed by atoms with Crippen LogP contribution in [-0.4, -0.2) is 57.2 Å². The Morgan fingerprint density at radius 3 is 2.83 bits per heavy atom. The normalized spacial score (nSPS) is 22.5. The highest BCUT2D eigenvalue weighted by molar-refractivity contribution is 5.78. The molecule has 1 N–H and O–H groups in total. The van der Waals surface area contributed by atoms with Gasteiger partial charge in [-0.15, -0.1) is 0 Å². The smallest absolute Gasteiger partial charge is 0.234 e. The van der Waals surface area contributed by atoms with Crippen molar-refractivity contribution in [2.75, 3.05) is 45.3 Å². The minimum atomic E-state index is 0.151. The maximum atomic E-state index is 12.4. The highest BCUT2D eigenvalue weighted by atomic mass is 16.5. The van der Waals surface area contributed by atoms with E-state index in [1.807, 2.05) is 0 Å². The zero-order valence-electron chi connectivity index (χ0n) is 14.8. The van der Waals surface area contributed by atoms with Crippen LogP contribution in [0.25, 0.3) is 0 Å². The van der Waals surface area contributed by atoms with Crippen LogP contribution in [0.15, 0.2) is 24.3 Å². The molecular formula is C19H29N3O2. The van der Waals surface area contributed by atoms with Crippen LogP contribution in [0.4, 0.5) is 5.69 Å². The van der Waals surface area contributed by atoms with E-state index in [2.05, 4.69) is 53.5 Å². The first kappa shape index (κ1) is 17.2. The van der Waals surface area contributed by atoms with Crippen molar-refractivity contribution in [1.29, 1.82) is 0 Å².